The van der Waals surface area contributed by atoms with Crippen LogP contribution in [0.25, 0.3) is 0 Å². The van der Waals surface area contributed by atoms with Crippen molar-refractivity contribution in [1.82, 2.24) is 10.2 Å². The number of rotatable bonds is 9. The van der Waals surface area contributed by atoms with Crippen molar-refractivity contribution in [2.75, 3.05) is 26.7 Å². The second-order valence-corrected chi connectivity index (χ2v) is 6.08. The maximum Gasteiger partial charge on any atom is 0.251 e. The van der Waals surface area contributed by atoms with Crippen LogP contribution < -0.4 is 10.1 Å². The Morgan fingerprint density at radius 1 is 1.04 bits per heavy atom. The fourth-order valence-corrected chi connectivity index (χ4v) is 2.72. The van der Waals surface area contributed by atoms with Crippen LogP contribution >= 0.6 is 0 Å². The van der Waals surface area contributed by atoms with Gasteiger partial charge in [0.15, 0.2) is 0 Å². The molecule has 0 aliphatic carbocycles. The molecule has 0 heterocycles. The number of amides is 2. The van der Waals surface area contributed by atoms with Gasteiger partial charge in [-0.05, 0) is 36.6 Å². The van der Waals surface area contributed by atoms with Crippen LogP contribution in [0.4, 0.5) is 0 Å². The first kappa shape index (κ1) is 19.5. The van der Waals surface area contributed by atoms with E-state index in [9.17, 15) is 9.59 Å². The molecule has 2 aromatic carbocycles. The van der Waals surface area contributed by atoms with E-state index < -0.39 is 0 Å². The van der Waals surface area contributed by atoms with Crippen LogP contribution in [0.5, 0.6) is 5.75 Å². The number of aryl methyl sites for hydroxylation is 1. The van der Waals surface area contributed by atoms with Crippen molar-refractivity contribution >= 4 is 11.8 Å². The van der Waals surface area contributed by atoms with E-state index in [4.69, 9.17) is 4.74 Å². The summed E-state index contributed by atoms with van der Waals surface area (Å²) in [4.78, 5) is 25.8. The second kappa shape index (κ2) is 10.2. The van der Waals surface area contributed by atoms with E-state index in [0.717, 1.165) is 12.8 Å². The Kier molecular flexibility index (Phi) is 7.68. The van der Waals surface area contributed by atoms with Gasteiger partial charge in [-0.1, -0.05) is 36.4 Å². The van der Waals surface area contributed by atoms with Gasteiger partial charge >= 0.3 is 0 Å². The standard InChI is InChI=1S/C21H26N2O3/c1-17(24)23(14-7-10-18-8-4-3-5-9-18)15-13-22-21(25)19-11-6-12-20(16-19)26-2/h3-6,8-9,11-12,16H,7,10,13-15H2,1-2H3,(H,22,25). The van der Waals surface area contributed by atoms with Crippen molar-refractivity contribution in [3.05, 3.63) is 65.7 Å². The van der Waals surface area contributed by atoms with Crippen LogP contribution in [0.1, 0.15) is 29.3 Å². The zero-order valence-corrected chi connectivity index (χ0v) is 15.4. The smallest absolute Gasteiger partial charge is 0.251 e. The third kappa shape index (κ3) is 6.24. The number of carbonyl (C=O) groups is 2. The summed E-state index contributed by atoms with van der Waals surface area (Å²) in [6.07, 6.45) is 1.83. The predicted molar refractivity (Wildman–Crippen MR) is 102 cm³/mol. The summed E-state index contributed by atoms with van der Waals surface area (Å²) in [5, 5.41) is 2.86. The van der Waals surface area contributed by atoms with E-state index >= 15 is 0 Å². The summed E-state index contributed by atoms with van der Waals surface area (Å²) in [6.45, 7) is 3.16. The minimum atomic E-state index is -0.170. The molecule has 2 rings (SSSR count). The minimum absolute atomic E-state index is 0.0219. The molecule has 0 aromatic heterocycles. The maximum absolute atomic E-state index is 12.2. The lowest BCUT2D eigenvalue weighted by Gasteiger charge is -2.21. The van der Waals surface area contributed by atoms with E-state index in [1.54, 1.807) is 43.2 Å². The molecule has 1 N–H and O–H groups in total. The van der Waals surface area contributed by atoms with Crippen LogP contribution in [0.2, 0.25) is 0 Å². The number of carbonyl (C=O) groups excluding carboxylic acids is 2. The fourth-order valence-electron chi connectivity index (χ4n) is 2.72. The lowest BCUT2D eigenvalue weighted by Crippen LogP contribution is -2.38. The predicted octanol–water partition coefficient (Wildman–Crippen LogP) is 2.91. The van der Waals surface area contributed by atoms with Gasteiger partial charge in [-0.25, -0.2) is 0 Å². The molecule has 0 bridgehead atoms. The SMILES string of the molecule is COc1cccc(C(=O)NCCN(CCCc2ccccc2)C(C)=O)c1. The van der Waals surface area contributed by atoms with E-state index in [-0.39, 0.29) is 11.8 Å². The molecule has 0 unspecified atom stereocenters. The summed E-state index contributed by atoms with van der Waals surface area (Å²) < 4.78 is 5.13. The van der Waals surface area contributed by atoms with Crippen molar-refractivity contribution in [3.8, 4) is 5.75 Å². The Balaban J connectivity index is 1.77. The van der Waals surface area contributed by atoms with Gasteiger partial charge in [0.05, 0.1) is 7.11 Å². The molecular weight excluding hydrogens is 328 g/mol. The average Bonchev–Trinajstić information content (AvgIpc) is 2.67. The summed E-state index contributed by atoms with van der Waals surface area (Å²) in [7, 11) is 1.57. The Labute approximate surface area is 155 Å². The molecule has 0 saturated heterocycles. The molecule has 5 heteroatoms. The van der Waals surface area contributed by atoms with E-state index in [1.165, 1.54) is 5.56 Å². The Morgan fingerprint density at radius 2 is 1.81 bits per heavy atom. The molecule has 0 saturated carbocycles. The largest absolute Gasteiger partial charge is 0.497 e. The first-order valence-corrected chi connectivity index (χ1v) is 8.82. The van der Waals surface area contributed by atoms with Gasteiger partial charge in [-0.15, -0.1) is 0 Å². The molecule has 2 aromatic rings. The van der Waals surface area contributed by atoms with Crippen LogP contribution in [0.15, 0.2) is 54.6 Å². The zero-order chi connectivity index (χ0) is 18.8. The molecule has 0 fully saturated rings. The third-order valence-corrected chi connectivity index (χ3v) is 4.18. The van der Waals surface area contributed by atoms with Gasteiger partial charge in [-0.3, -0.25) is 9.59 Å². The highest BCUT2D eigenvalue weighted by molar-refractivity contribution is 5.94. The first-order valence-electron chi connectivity index (χ1n) is 8.82. The van der Waals surface area contributed by atoms with Crippen molar-refractivity contribution in [3.63, 3.8) is 0 Å². The van der Waals surface area contributed by atoms with Gasteiger partial charge < -0.3 is 15.0 Å². The van der Waals surface area contributed by atoms with Crippen molar-refractivity contribution < 1.29 is 14.3 Å². The molecule has 0 radical (unpaired) electrons. The van der Waals surface area contributed by atoms with E-state index in [0.29, 0.717) is 30.9 Å². The molecule has 0 aliphatic heterocycles. The number of nitrogens with zero attached hydrogens (tertiary/aromatic N) is 1. The molecule has 5 nitrogen and oxygen atoms in total. The lowest BCUT2D eigenvalue weighted by atomic mass is 10.1. The van der Waals surface area contributed by atoms with Gasteiger partial charge in [-0.2, -0.15) is 0 Å². The summed E-state index contributed by atoms with van der Waals surface area (Å²) in [6, 6.07) is 17.2. The number of nitrogens with one attached hydrogen (secondary N) is 1. The van der Waals surface area contributed by atoms with Gasteiger partial charge in [0.1, 0.15) is 5.75 Å². The van der Waals surface area contributed by atoms with Crippen molar-refractivity contribution in [1.29, 1.82) is 0 Å². The normalized spacial score (nSPS) is 10.2. The molecular formula is C21H26N2O3. The lowest BCUT2D eigenvalue weighted by molar-refractivity contribution is -0.128. The number of ether oxygens (including phenoxy) is 1. The van der Waals surface area contributed by atoms with Gasteiger partial charge in [0.25, 0.3) is 5.91 Å². The van der Waals surface area contributed by atoms with Crippen molar-refractivity contribution in [2.24, 2.45) is 0 Å². The highest BCUT2D eigenvalue weighted by Crippen LogP contribution is 2.12. The molecule has 26 heavy (non-hydrogen) atoms. The Bertz CT molecular complexity index is 716. The van der Waals surface area contributed by atoms with E-state index in [2.05, 4.69) is 17.4 Å². The van der Waals surface area contributed by atoms with Crippen LogP contribution in [0.3, 0.4) is 0 Å². The highest BCUT2D eigenvalue weighted by atomic mass is 16.5. The molecule has 2 amide bonds. The van der Waals surface area contributed by atoms with Gasteiger partial charge in [0, 0.05) is 32.1 Å². The monoisotopic (exact) mass is 354 g/mol. The Morgan fingerprint density at radius 3 is 2.50 bits per heavy atom. The molecule has 138 valence electrons. The van der Waals surface area contributed by atoms with Crippen LogP contribution in [-0.4, -0.2) is 43.5 Å². The zero-order valence-electron chi connectivity index (χ0n) is 15.4. The molecule has 0 atom stereocenters. The summed E-state index contributed by atoms with van der Waals surface area (Å²) in [5.74, 6) is 0.495. The van der Waals surface area contributed by atoms with E-state index in [1.807, 2.05) is 18.2 Å². The summed E-state index contributed by atoms with van der Waals surface area (Å²) in [5.41, 5.74) is 1.81. The minimum Gasteiger partial charge on any atom is -0.497 e. The number of hydrogen-bond donors (Lipinski definition) is 1. The summed E-state index contributed by atoms with van der Waals surface area (Å²) >= 11 is 0. The second-order valence-electron chi connectivity index (χ2n) is 6.08. The first-order chi connectivity index (χ1) is 12.6. The van der Waals surface area contributed by atoms with Crippen molar-refractivity contribution in [2.45, 2.75) is 19.8 Å². The average molecular weight is 354 g/mol. The Hall–Kier alpha value is -2.82. The third-order valence-electron chi connectivity index (χ3n) is 4.18. The highest BCUT2D eigenvalue weighted by Gasteiger charge is 2.10. The maximum atomic E-state index is 12.2. The quantitative estimate of drug-likeness (QED) is 0.753. The topological polar surface area (TPSA) is 58.6 Å². The van der Waals surface area contributed by atoms with Gasteiger partial charge in [0.2, 0.25) is 5.91 Å². The fraction of sp³-hybridized carbons (Fsp3) is 0.333. The molecule has 0 aliphatic rings. The number of benzene rings is 2. The van der Waals surface area contributed by atoms with Crippen LogP contribution in [0, 0.1) is 0 Å². The number of methoxy groups -OCH3 is 1. The van der Waals surface area contributed by atoms with Crippen LogP contribution in [-0.2, 0) is 11.2 Å². The molecule has 0 spiro atoms. The number of hydrogen-bond acceptors (Lipinski definition) is 3.